The van der Waals surface area contributed by atoms with Gasteiger partial charge in [-0.3, -0.25) is 4.79 Å². The molecule has 0 aliphatic carbocycles. The van der Waals surface area contributed by atoms with E-state index in [1.54, 1.807) is 6.21 Å². The van der Waals surface area contributed by atoms with E-state index in [2.05, 4.69) is 27.3 Å². The van der Waals surface area contributed by atoms with Crippen molar-refractivity contribution in [1.29, 1.82) is 0 Å². The Kier molecular flexibility index (Phi) is 9.27. The predicted molar refractivity (Wildman–Crippen MR) is 129 cm³/mol. The van der Waals surface area contributed by atoms with Gasteiger partial charge < -0.3 is 9.47 Å². The molecule has 32 heavy (non-hydrogen) atoms. The smallest absolute Gasteiger partial charge is 0.250 e. The molecule has 0 saturated heterocycles. The van der Waals surface area contributed by atoms with E-state index < -0.39 is 0 Å². The minimum absolute atomic E-state index is 0.200. The standard InChI is InChI=1S/C23H24N4O3S2/c1-3-6-19-7-4-5-8-21(19)30-14-13-29-20-11-9-18(10-12-20)15-24-26-22(28)16-31-23-27-25-17(2)32-23/h3-5,7-12,15H,1,6,13-14,16H2,2H3,(H,26,28). The van der Waals surface area contributed by atoms with E-state index in [4.69, 9.17) is 9.47 Å². The molecule has 0 radical (unpaired) electrons. The zero-order chi connectivity index (χ0) is 22.6. The molecule has 3 rings (SSSR count). The Morgan fingerprint density at radius 1 is 1.16 bits per heavy atom. The summed E-state index contributed by atoms with van der Waals surface area (Å²) in [7, 11) is 0. The fourth-order valence-electron chi connectivity index (χ4n) is 2.61. The molecule has 1 heterocycles. The Bertz CT molecular complexity index is 1050. The number of aromatic nitrogens is 2. The molecule has 0 aliphatic heterocycles. The second-order valence-electron chi connectivity index (χ2n) is 6.54. The van der Waals surface area contributed by atoms with Gasteiger partial charge in [-0.15, -0.1) is 16.8 Å². The number of nitrogens with one attached hydrogen (secondary N) is 1. The average Bonchev–Trinajstić information content (AvgIpc) is 3.22. The molecular formula is C23H24N4O3S2. The van der Waals surface area contributed by atoms with Crippen molar-refractivity contribution in [2.24, 2.45) is 5.10 Å². The van der Waals surface area contributed by atoms with Crippen LogP contribution in [0.1, 0.15) is 16.1 Å². The molecule has 0 fully saturated rings. The highest BCUT2D eigenvalue weighted by Gasteiger charge is 2.05. The van der Waals surface area contributed by atoms with Crippen molar-refractivity contribution in [3.63, 3.8) is 0 Å². The maximum absolute atomic E-state index is 11.8. The van der Waals surface area contributed by atoms with E-state index >= 15 is 0 Å². The van der Waals surface area contributed by atoms with Crippen LogP contribution in [-0.2, 0) is 11.2 Å². The quantitative estimate of drug-likeness (QED) is 0.140. The van der Waals surface area contributed by atoms with Gasteiger partial charge in [0.15, 0.2) is 4.34 Å². The number of nitrogens with zero attached hydrogens (tertiary/aromatic N) is 3. The Balaban J connectivity index is 1.36. The summed E-state index contributed by atoms with van der Waals surface area (Å²) in [6.07, 6.45) is 4.21. The largest absolute Gasteiger partial charge is 0.490 e. The number of carbonyl (C=O) groups excluding carboxylic acids is 1. The van der Waals surface area contributed by atoms with Gasteiger partial charge in [0.1, 0.15) is 29.7 Å². The highest BCUT2D eigenvalue weighted by molar-refractivity contribution is 8.01. The van der Waals surface area contributed by atoms with E-state index in [0.717, 1.165) is 38.4 Å². The summed E-state index contributed by atoms with van der Waals surface area (Å²) in [6, 6.07) is 15.3. The second-order valence-corrected chi connectivity index (χ2v) is 8.94. The van der Waals surface area contributed by atoms with Gasteiger partial charge in [-0.1, -0.05) is 47.4 Å². The van der Waals surface area contributed by atoms with E-state index in [1.807, 2.05) is 61.5 Å². The van der Waals surface area contributed by atoms with Gasteiger partial charge in [0.2, 0.25) is 0 Å². The molecule has 0 aliphatic rings. The topological polar surface area (TPSA) is 85.7 Å². The molecule has 0 bridgehead atoms. The first kappa shape index (κ1) is 23.5. The van der Waals surface area contributed by atoms with Crippen LogP contribution in [0, 0.1) is 6.92 Å². The van der Waals surface area contributed by atoms with E-state index in [9.17, 15) is 4.79 Å². The van der Waals surface area contributed by atoms with Crippen molar-refractivity contribution in [3.8, 4) is 11.5 Å². The summed E-state index contributed by atoms with van der Waals surface area (Å²) in [5.74, 6) is 1.62. The zero-order valence-electron chi connectivity index (χ0n) is 17.7. The van der Waals surface area contributed by atoms with Crippen molar-refractivity contribution in [2.45, 2.75) is 17.7 Å². The molecule has 0 atom stereocenters. The number of amides is 1. The number of allylic oxidation sites excluding steroid dienone is 1. The van der Waals surface area contributed by atoms with Gasteiger partial charge in [0.05, 0.1) is 12.0 Å². The summed E-state index contributed by atoms with van der Waals surface area (Å²) >= 11 is 2.80. The second kappa shape index (κ2) is 12.6. The van der Waals surface area contributed by atoms with Crippen molar-refractivity contribution < 1.29 is 14.3 Å². The number of hydrogen-bond acceptors (Lipinski definition) is 8. The van der Waals surface area contributed by atoms with Crippen LogP contribution in [0.3, 0.4) is 0 Å². The molecule has 0 saturated carbocycles. The number of carbonyl (C=O) groups is 1. The molecule has 1 N–H and O–H groups in total. The summed E-state index contributed by atoms with van der Waals surface area (Å²) in [4.78, 5) is 11.8. The Morgan fingerprint density at radius 2 is 1.94 bits per heavy atom. The highest BCUT2D eigenvalue weighted by atomic mass is 32.2. The summed E-state index contributed by atoms with van der Waals surface area (Å²) < 4.78 is 12.3. The number of ether oxygens (including phenoxy) is 2. The van der Waals surface area contributed by atoms with Gasteiger partial charge in [0, 0.05) is 0 Å². The van der Waals surface area contributed by atoms with Gasteiger partial charge >= 0.3 is 0 Å². The molecule has 1 amide bonds. The van der Waals surface area contributed by atoms with Gasteiger partial charge in [-0.05, 0) is 54.8 Å². The maximum atomic E-state index is 11.8. The van der Waals surface area contributed by atoms with Gasteiger partial charge in [0.25, 0.3) is 5.91 Å². The van der Waals surface area contributed by atoms with Gasteiger partial charge in [-0.25, -0.2) is 5.43 Å². The number of benzene rings is 2. The van der Waals surface area contributed by atoms with Crippen molar-refractivity contribution in [3.05, 3.63) is 77.3 Å². The molecule has 0 spiro atoms. The van der Waals surface area contributed by atoms with Crippen LogP contribution in [0.4, 0.5) is 0 Å². The van der Waals surface area contributed by atoms with Crippen molar-refractivity contribution in [1.82, 2.24) is 15.6 Å². The first-order valence-corrected chi connectivity index (χ1v) is 11.7. The molecule has 0 unspecified atom stereocenters. The lowest BCUT2D eigenvalue weighted by Crippen LogP contribution is -2.19. The lowest BCUT2D eigenvalue weighted by atomic mass is 10.1. The summed E-state index contributed by atoms with van der Waals surface area (Å²) in [6.45, 7) is 6.52. The molecule has 1 aromatic heterocycles. The summed E-state index contributed by atoms with van der Waals surface area (Å²) in [5.41, 5.74) is 4.46. The maximum Gasteiger partial charge on any atom is 0.250 e. The molecule has 7 nitrogen and oxygen atoms in total. The lowest BCUT2D eigenvalue weighted by molar-refractivity contribution is -0.118. The predicted octanol–water partition coefficient (Wildman–Crippen LogP) is 4.28. The van der Waals surface area contributed by atoms with Crippen molar-refractivity contribution >= 4 is 35.2 Å². The number of hydrazone groups is 1. The van der Waals surface area contributed by atoms with E-state index in [-0.39, 0.29) is 11.7 Å². The molecule has 3 aromatic rings. The highest BCUT2D eigenvalue weighted by Crippen LogP contribution is 2.21. The third-order valence-corrected chi connectivity index (χ3v) is 6.04. The minimum atomic E-state index is -0.200. The first-order chi connectivity index (χ1) is 15.6. The van der Waals surface area contributed by atoms with Crippen LogP contribution in [0.2, 0.25) is 0 Å². The van der Waals surface area contributed by atoms with Crippen LogP contribution < -0.4 is 14.9 Å². The fraction of sp³-hybridized carbons (Fsp3) is 0.217. The zero-order valence-corrected chi connectivity index (χ0v) is 19.3. The first-order valence-electron chi connectivity index (χ1n) is 9.93. The average molecular weight is 469 g/mol. The van der Waals surface area contributed by atoms with Crippen molar-refractivity contribution in [2.75, 3.05) is 19.0 Å². The number of thioether (sulfide) groups is 1. The Hall–Kier alpha value is -3.17. The SMILES string of the molecule is C=CCc1ccccc1OCCOc1ccc(C=NNC(=O)CSc2nnc(C)s2)cc1. The Labute approximate surface area is 195 Å². The molecule has 166 valence electrons. The summed E-state index contributed by atoms with van der Waals surface area (Å²) in [5, 5.41) is 12.7. The molecular weight excluding hydrogens is 444 g/mol. The van der Waals surface area contributed by atoms with Crippen LogP contribution in [0.15, 0.2) is 70.6 Å². The number of hydrogen-bond donors (Lipinski definition) is 1. The lowest BCUT2D eigenvalue weighted by Gasteiger charge is -2.11. The number of rotatable bonds is 12. The van der Waals surface area contributed by atoms with E-state index in [1.165, 1.54) is 23.1 Å². The van der Waals surface area contributed by atoms with E-state index in [0.29, 0.717) is 13.2 Å². The normalized spacial score (nSPS) is 10.8. The third kappa shape index (κ3) is 7.82. The van der Waals surface area contributed by atoms with Crippen LogP contribution in [0.25, 0.3) is 0 Å². The molecule has 2 aromatic carbocycles. The number of aryl methyl sites for hydroxylation is 1. The van der Waals surface area contributed by atoms with Crippen LogP contribution in [0.5, 0.6) is 11.5 Å². The third-order valence-electron chi connectivity index (χ3n) is 4.06. The molecule has 9 heteroatoms. The number of para-hydroxylation sites is 1. The fourth-order valence-corrected chi connectivity index (χ4v) is 4.21. The van der Waals surface area contributed by atoms with Crippen LogP contribution >= 0.6 is 23.1 Å². The van der Waals surface area contributed by atoms with Gasteiger partial charge in [-0.2, -0.15) is 5.10 Å². The van der Waals surface area contributed by atoms with Crippen LogP contribution in [-0.4, -0.2) is 41.3 Å². The minimum Gasteiger partial charge on any atom is -0.490 e. The Morgan fingerprint density at radius 3 is 2.69 bits per heavy atom. The monoisotopic (exact) mass is 468 g/mol.